The van der Waals surface area contributed by atoms with E-state index in [-0.39, 0.29) is 0 Å². The van der Waals surface area contributed by atoms with Crippen LogP contribution in [-0.4, -0.2) is 54.3 Å². The standard InChI is InChI=1S/C34H28N10O2/c1-19-29(20(2)46-42-19)22-9-7-8-21(12-22)25-14-35-32-27(25)16-37-34(41-32)43(3)44-17-23(13-40-44)31-30-26(15-36-33(30)39-18-38-31)24-10-5-6-11-28(24)45-4/h5-18H,1-4H3,(H2,35,36,37,38,39,41)/p+1. The van der Waals surface area contributed by atoms with Gasteiger partial charge in [0, 0.05) is 51.0 Å². The van der Waals surface area contributed by atoms with Crippen molar-refractivity contribution in [3.8, 4) is 50.4 Å². The van der Waals surface area contributed by atoms with E-state index in [4.69, 9.17) is 19.2 Å². The minimum absolute atomic E-state index is 0.507. The first-order chi connectivity index (χ1) is 22.5. The second-order valence-corrected chi connectivity index (χ2v) is 11.0. The Morgan fingerprint density at radius 1 is 0.848 bits per heavy atom. The molecular weight excluding hydrogens is 580 g/mol. The summed E-state index contributed by atoms with van der Waals surface area (Å²) in [5.74, 6) is 2.08. The summed E-state index contributed by atoms with van der Waals surface area (Å²) in [4.78, 5) is 27.1. The van der Waals surface area contributed by atoms with Crippen LogP contribution in [0.3, 0.4) is 0 Å². The Hall–Kier alpha value is -6.30. The Morgan fingerprint density at radius 3 is 2.52 bits per heavy atom. The van der Waals surface area contributed by atoms with E-state index in [2.05, 4.69) is 48.4 Å². The normalized spacial score (nSPS) is 11.5. The number of benzene rings is 2. The van der Waals surface area contributed by atoms with Crippen molar-refractivity contribution in [3.05, 3.63) is 97.3 Å². The van der Waals surface area contributed by atoms with Gasteiger partial charge in [0.1, 0.15) is 29.1 Å². The van der Waals surface area contributed by atoms with Crippen molar-refractivity contribution in [3.63, 3.8) is 0 Å². The van der Waals surface area contributed by atoms with Crippen LogP contribution >= 0.6 is 0 Å². The highest BCUT2D eigenvalue weighted by Gasteiger charge is 2.23. The Labute approximate surface area is 262 Å². The number of ether oxygens (including phenoxy) is 1. The molecule has 0 radical (unpaired) electrons. The monoisotopic (exact) mass is 609 g/mol. The first kappa shape index (κ1) is 27.3. The lowest BCUT2D eigenvalue weighted by molar-refractivity contribution is -0.735. The van der Waals surface area contributed by atoms with Crippen molar-refractivity contribution >= 4 is 28.0 Å². The number of hydrogen-bond donors (Lipinski definition) is 3. The Kier molecular flexibility index (Phi) is 6.34. The minimum atomic E-state index is 0.507. The van der Waals surface area contributed by atoms with Crippen molar-refractivity contribution in [2.45, 2.75) is 13.8 Å². The number of hydrogen-bond acceptors (Lipinski definition) is 8. The summed E-state index contributed by atoms with van der Waals surface area (Å²) < 4.78 is 11.0. The van der Waals surface area contributed by atoms with Crippen molar-refractivity contribution in [2.24, 2.45) is 0 Å². The van der Waals surface area contributed by atoms with Crippen molar-refractivity contribution in [1.82, 2.24) is 40.2 Å². The van der Waals surface area contributed by atoms with Gasteiger partial charge in [0.25, 0.3) is 5.95 Å². The van der Waals surface area contributed by atoms with Gasteiger partial charge < -0.3 is 19.2 Å². The lowest BCUT2D eigenvalue weighted by Crippen LogP contribution is -2.53. The van der Waals surface area contributed by atoms with Crippen LogP contribution in [-0.2, 0) is 0 Å². The highest BCUT2D eigenvalue weighted by molar-refractivity contribution is 6.03. The lowest BCUT2D eigenvalue weighted by Gasteiger charge is -2.08. The van der Waals surface area contributed by atoms with E-state index in [1.54, 1.807) is 13.4 Å². The number of fused-ring (bicyclic) bond motifs is 2. The van der Waals surface area contributed by atoms with Gasteiger partial charge in [-0.25, -0.2) is 15.0 Å². The third-order valence-electron chi connectivity index (χ3n) is 8.28. The van der Waals surface area contributed by atoms with Gasteiger partial charge in [0.05, 0.1) is 42.7 Å². The summed E-state index contributed by atoms with van der Waals surface area (Å²) in [5.41, 5.74) is 10.0. The summed E-state index contributed by atoms with van der Waals surface area (Å²) in [6, 6.07) is 16.2. The van der Waals surface area contributed by atoms with Gasteiger partial charge in [-0.15, -0.1) is 5.10 Å². The fourth-order valence-electron chi connectivity index (χ4n) is 6.03. The molecule has 0 fully saturated rings. The van der Waals surface area contributed by atoms with Crippen LogP contribution in [0, 0.1) is 13.8 Å². The number of nitrogens with one attached hydrogen (secondary N) is 3. The SMILES string of the molecule is COc1ccccc1-c1c[nH]c2ncnc(-c3c[nH][n+](N(C)c4ncc5c(-c6cccc(-c7c(C)noc7C)c6)c[nH]c5n4)c3)c12. The Morgan fingerprint density at radius 2 is 1.67 bits per heavy atom. The fraction of sp³-hybridized carbons (Fsp3) is 0.118. The van der Waals surface area contributed by atoms with E-state index in [0.29, 0.717) is 5.95 Å². The van der Waals surface area contributed by atoms with E-state index in [1.807, 2.05) is 92.0 Å². The molecule has 0 aliphatic carbocycles. The molecule has 0 saturated carbocycles. The van der Waals surface area contributed by atoms with Crippen LogP contribution in [0.4, 0.5) is 5.95 Å². The first-order valence-corrected chi connectivity index (χ1v) is 14.7. The quantitative estimate of drug-likeness (QED) is 0.186. The smallest absolute Gasteiger partial charge is 0.286 e. The molecule has 0 spiro atoms. The zero-order valence-corrected chi connectivity index (χ0v) is 25.5. The zero-order valence-electron chi connectivity index (χ0n) is 25.5. The molecule has 0 unspecified atom stereocenters. The number of rotatable bonds is 7. The Bertz CT molecular complexity index is 2360. The highest BCUT2D eigenvalue weighted by Crippen LogP contribution is 2.38. The van der Waals surface area contributed by atoms with Gasteiger partial charge in [0.15, 0.2) is 0 Å². The fourth-order valence-corrected chi connectivity index (χ4v) is 6.03. The third kappa shape index (κ3) is 4.38. The van der Waals surface area contributed by atoms with Gasteiger partial charge in [0.2, 0.25) is 6.20 Å². The number of aryl methyl sites for hydroxylation is 2. The predicted octanol–water partition coefficient (Wildman–Crippen LogP) is 6.03. The number of anilines is 1. The van der Waals surface area contributed by atoms with Gasteiger partial charge in [-0.3, -0.25) is 0 Å². The van der Waals surface area contributed by atoms with E-state index in [9.17, 15) is 0 Å². The summed E-state index contributed by atoms with van der Waals surface area (Å²) in [6.07, 6.45) is 11.2. The molecule has 46 heavy (non-hydrogen) atoms. The third-order valence-corrected chi connectivity index (χ3v) is 8.28. The Balaban J connectivity index is 1.12. The van der Waals surface area contributed by atoms with Crippen molar-refractivity contribution < 1.29 is 14.1 Å². The summed E-state index contributed by atoms with van der Waals surface area (Å²) in [5, 5.41) is 11.1. The highest BCUT2D eigenvalue weighted by atomic mass is 16.5. The number of methoxy groups -OCH3 is 1. The second-order valence-electron chi connectivity index (χ2n) is 11.0. The van der Waals surface area contributed by atoms with Crippen LogP contribution in [0.2, 0.25) is 0 Å². The summed E-state index contributed by atoms with van der Waals surface area (Å²) in [6.45, 7) is 3.88. The molecule has 8 rings (SSSR count). The van der Waals surface area contributed by atoms with Gasteiger partial charge >= 0.3 is 0 Å². The average molecular weight is 610 g/mol. The molecule has 3 N–H and O–H groups in total. The van der Waals surface area contributed by atoms with Crippen LogP contribution in [0.15, 0.2) is 90.4 Å². The van der Waals surface area contributed by atoms with Gasteiger partial charge in [-0.05, 0) is 37.1 Å². The summed E-state index contributed by atoms with van der Waals surface area (Å²) in [7, 11) is 3.56. The van der Waals surface area contributed by atoms with E-state index in [0.717, 1.165) is 83.9 Å². The average Bonchev–Trinajstić information content (AvgIpc) is 3.90. The van der Waals surface area contributed by atoms with E-state index < -0.39 is 0 Å². The largest absolute Gasteiger partial charge is 0.496 e. The number of H-pyrrole nitrogens is 3. The number of aromatic nitrogens is 9. The second kappa shape index (κ2) is 10.7. The molecule has 226 valence electrons. The van der Waals surface area contributed by atoms with Crippen molar-refractivity contribution in [2.75, 3.05) is 19.2 Å². The first-order valence-electron chi connectivity index (χ1n) is 14.7. The number of aromatic amines is 3. The molecule has 12 nitrogen and oxygen atoms in total. The predicted molar refractivity (Wildman–Crippen MR) is 174 cm³/mol. The molecule has 6 aromatic heterocycles. The van der Waals surface area contributed by atoms with Crippen LogP contribution < -0.4 is 14.5 Å². The minimum Gasteiger partial charge on any atom is -0.496 e. The molecule has 0 atom stereocenters. The van der Waals surface area contributed by atoms with Crippen molar-refractivity contribution in [1.29, 1.82) is 0 Å². The van der Waals surface area contributed by atoms with Gasteiger partial charge in [-0.2, -0.15) is 4.98 Å². The lowest BCUT2D eigenvalue weighted by atomic mass is 9.98. The van der Waals surface area contributed by atoms with E-state index >= 15 is 0 Å². The summed E-state index contributed by atoms with van der Waals surface area (Å²) >= 11 is 0. The molecule has 8 aromatic rings. The molecule has 6 heterocycles. The molecule has 0 aliphatic heterocycles. The zero-order chi connectivity index (χ0) is 31.4. The van der Waals surface area contributed by atoms with E-state index in [1.165, 1.54) is 0 Å². The molecule has 12 heteroatoms. The van der Waals surface area contributed by atoms with Crippen LogP contribution in [0.1, 0.15) is 11.5 Å². The molecule has 0 bridgehead atoms. The number of para-hydroxylation sites is 1. The maximum Gasteiger partial charge on any atom is 0.286 e. The maximum atomic E-state index is 5.64. The molecule has 0 saturated heterocycles. The number of nitrogens with zero attached hydrogens (tertiary/aromatic N) is 7. The topological polar surface area (TPSA) is 141 Å². The molecule has 2 aromatic carbocycles. The van der Waals surface area contributed by atoms with Gasteiger partial charge in [-0.1, -0.05) is 46.6 Å². The molecule has 0 aliphatic rings. The van der Waals surface area contributed by atoms with Crippen LogP contribution in [0.5, 0.6) is 5.75 Å². The maximum absolute atomic E-state index is 5.64. The molecule has 0 amide bonds. The van der Waals surface area contributed by atoms with Crippen LogP contribution in [0.25, 0.3) is 66.7 Å². The molecular formula is C34H29N10O2+.